The average Bonchev–Trinajstić information content (AvgIpc) is 2.78. The summed E-state index contributed by atoms with van der Waals surface area (Å²) in [6.07, 6.45) is 0.890. The maximum absolute atomic E-state index is 9.88. The van der Waals surface area contributed by atoms with Crippen LogP contribution in [0.5, 0.6) is 11.5 Å². The lowest BCUT2D eigenvalue weighted by atomic mass is 9.96. The third kappa shape index (κ3) is 4.72. The smallest absolute Gasteiger partial charge is 0.119 e. The van der Waals surface area contributed by atoms with Crippen molar-refractivity contribution in [3.63, 3.8) is 0 Å². The van der Waals surface area contributed by atoms with Crippen molar-refractivity contribution < 1.29 is 9.84 Å². The minimum atomic E-state index is 0.302. The van der Waals surface area contributed by atoms with Crippen molar-refractivity contribution in [2.75, 3.05) is 38.2 Å². The molecule has 0 spiro atoms. The van der Waals surface area contributed by atoms with Crippen LogP contribution in [0.2, 0.25) is 0 Å². The van der Waals surface area contributed by atoms with Gasteiger partial charge in [-0.05, 0) is 53.9 Å². The van der Waals surface area contributed by atoms with Crippen LogP contribution in [0.1, 0.15) is 17.2 Å². The Morgan fingerprint density at radius 1 is 0.862 bits per heavy atom. The second-order valence-corrected chi connectivity index (χ2v) is 7.52. The monoisotopic (exact) mass is 388 g/mol. The highest BCUT2D eigenvalue weighted by molar-refractivity contribution is 5.49. The van der Waals surface area contributed by atoms with Crippen LogP contribution in [0.4, 0.5) is 5.69 Å². The summed E-state index contributed by atoms with van der Waals surface area (Å²) in [7, 11) is 1.70. The van der Waals surface area contributed by atoms with Crippen LogP contribution in [0.25, 0.3) is 0 Å². The number of nitrogens with zero attached hydrogens (tertiary/aromatic N) is 2. The quantitative estimate of drug-likeness (QED) is 0.674. The molecule has 3 aromatic carbocycles. The first-order valence-electron chi connectivity index (χ1n) is 10.2. The van der Waals surface area contributed by atoms with Gasteiger partial charge in [-0.15, -0.1) is 0 Å². The fourth-order valence-electron chi connectivity index (χ4n) is 4.12. The summed E-state index contributed by atoms with van der Waals surface area (Å²) in [6, 6.07) is 27.0. The van der Waals surface area contributed by atoms with Gasteiger partial charge in [0.1, 0.15) is 11.5 Å². The van der Waals surface area contributed by atoms with Gasteiger partial charge in [-0.2, -0.15) is 0 Å². The molecule has 1 atom stereocenters. The van der Waals surface area contributed by atoms with E-state index in [0.717, 1.165) is 43.9 Å². The van der Waals surface area contributed by atoms with Crippen molar-refractivity contribution >= 4 is 5.69 Å². The Labute approximate surface area is 173 Å². The first kappa shape index (κ1) is 19.3. The number of methoxy groups -OCH3 is 1. The molecule has 29 heavy (non-hydrogen) atoms. The molecule has 0 aromatic heterocycles. The van der Waals surface area contributed by atoms with Crippen molar-refractivity contribution in [1.29, 1.82) is 0 Å². The molecule has 0 aliphatic carbocycles. The van der Waals surface area contributed by atoms with E-state index in [9.17, 15) is 5.11 Å². The zero-order chi connectivity index (χ0) is 20.1. The van der Waals surface area contributed by atoms with E-state index in [2.05, 4.69) is 58.3 Å². The lowest BCUT2D eigenvalue weighted by molar-refractivity contribution is 0.184. The predicted molar refractivity (Wildman–Crippen MR) is 118 cm³/mol. The van der Waals surface area contributed by atoms with Gasteiger partial charge in [0.25, 0.3) is 0 Å². The van der Waals surface area contributed by atoms with Crippen molar-refractivity contribution in [1.82, 2.24) is 4.90 Å². The fourth-order valence-corrected chi connectivity index (χ4v) is 4.12. The number of phenolic OH excluding ortho intramolecular Hbond substituents is 1. The Kier molecular flexibility index (Phi) is 6.01. The predicted octanol–water partition coefficient (Wildman–Crippen LogP) is 4.51. The van der Waals surface area contributed by atoms with E-state index >= 15 is 0 Å². The van der Waals surface area contributed by atoms with Crippen LogP contribution in [-0.4, -0.2) is 43.3 Å². The molecule has 1 heterocycles. The minimum absolute atomic E-state index is 0.302. The lowest BCUT2D eigenvalue weighted by Gasteiger charge is -2.40. The fraction of sp³-hybridized carbons (Fsp3) is 0.280. The van der Waals surface area contributed by atoms with Gasteiger partial charge in [0.15, 0.2) is 0 Å². The molecule has 1 unspecified atom stereocenters. The third-order valence-corrected chi connectivity index (χ3v) is 5.72. The Hall–Kier alpha value is -2.98. The van der Waals surface area contributed by atoms with Gasteiger partial charge >= 0.3 is 0 Å². The van der Waals surface area contributed by atoms with Crippen LogP contribution in [0, 0.1) is 0 Å². The molecular weight excluding hydrogens is 360 g/mol. The highest BCUT2D eigenvalue weighted by Crippen LogP contribution is 2.29. The normalized spacial score (nSPS) is 15.8. The molecular formula is C25H28N2O2. The van der Waals surface area contributed by atoms with Crippen LogP contribution in [0.3, 0.4) is 0 Å². The van der Waals surface area contributed by atoms with Crippen molar-refractivity contribution in [2.45, 2.75) is 12.5 Å². The first-order chi connectivity index (χ1) is 14.2. The van der Waals surface area contributed by atoms with Crippen molar-refractivity contribution in [3.05, 3.63) is 90.0 Å². The van der Waals surface area contributed by atoms with E-state index in [1.807, 2.05) is 24.3 Å². The zero-order valence-corrected chi connectivity index (χ0v) is 16.9. The number of piperazine rings is 1. The summed E-state index contributed by atoms with van der Waals surface area (Å²) in [5.41, 5.74) is 3.74. The highest BCUT2D eigenvalue weighted by atomic mass is 16.5. The summed E-state index contributed by atoms with van der Waals surface area (Å²) in [5, 5.41) is 9.88. The average molecular weight is 389 g/mol. The molecule has 3 aromatic rings. The number of hydrogen-bond acceptors (Lipinski definition) is 4. The second kappa shape index (κ2) is 9.01. The number of phenols is 1. The third-order valence-electron chi connectivity index (χ3n) is 5.72. The van der Waals surface area contributed by atoms with Crippen LogP contribution in [-0.2, 0) is 6.42 Å². The number of aromatic hydroxyl groups is 1. The number of rotatable bonds is 6. The van der Waals surface area contributed by atoms with Crippen molar-refractivity contribution in [3.8, 4) is 11.5 Å². The van der Waals surface area contributed by atoms with Crippen LogP contribution in [0.15, 0.2) is 78.9 Å². The standard InChI is InChI=1S/C25H28N2O2/c1-29-24-12-10-22(11-13-24)26-14-16-27(17-15-26)25(21-7-3-2-4-8-21)19-20-6-5-9-23(28)18-20/h2-13,18,25,28H,14-17,19H2,1H3. The zero-order valence-electron chi connectivity index (χ0n) is 16.9. The molecule has 4 heteroatoms. The topological polar surface area (TPSA) is 35.9 Å². The summed E-state index contributed by atoms with van der Waals surface area (Å²) in [6.45, 7) is 4.00. The number of anilines is 1. The van der Waals surface area contributed by atoms with Gasteiger partial charge in [0, 0.05) is 37.9 Å². The molecule has 4 nitrogen and oxygen atoms in total. The van der Waals surface area contributed by atoms with E-state index in [1.54, 1.807) is 13.2 Å². The number of benzene rings is 3. The number of hydrogen-bond donors (Lipinski definition) is 1. The van der Waals surface area contributed by atoms with E-state index in [0.29, 0.717) is 11.8 Å². The Morgan fingerprint density at radius 3 is 2.24 bits per heavy atom. The van der Waals surface area contributed by atoms with E-state index in [4.69, 9.17) is 4.74 Å². The lowest BCUT2D eigenvalue weighted by Crippen LogP contribution is -2.48. The van der Waals surface area contributed by atoms with Gasteiger partial charge in [-0.3, -0.25) is 4.90 Å². The Morgan fingerprint density at radius 2 is 1.59 bits per heavy atom. The van der Waals surface area contributed by atoms with E-state index in [-0.39, 0.29) is 0 Å². The molecule has 0 radical (unpaired) electrons. The summed E-state index contributed by atoms with van der Waals surface area (Å²) in [4.78, 5) is 5.01. The van der Waals surface area contributed by atoms with E-state index < -0.39 is 0 Å². The molecule has 1 aliphatic rings. The molecule has 0 saturated carbocycles. The number of ether oxygens (including phenoxy) is 1. The summed E-state index contributed by atoms with van der Waals surface area (Å²) < 4.78 is 5.27. The minimum Gasteiger partial charge on any atom is -0.508 e. The Balaban J connectivity index is 1.48. The van der Waals surface area contributed by atoms with Gasteiger partial charge in [0.2, 0.25) is 0 Å². The van der Waals surface area contributed by atoms with Gasteiger partial charge in [-0.25, -0.2) is 0 Å². The Bertz CT molecular complexity index is 904. The van der Waals surface area contributed by atoms with Crippen LogP contribution < -0.4 is 9.64 Å². The molecule has 1 N–H and O–H groups in total. The van der Waals surface area contributed by atoms with Crippen LogP contribution >= 0.6 is 0 Å². The van der Waals surface area contributed by atoms with Gasteiger partial charge in [-0.1, -0.05) is 42.5 Å². The molecule has 1 aliphatic heterocycles. The van der Waals surface area contributed by atoms with Gasteiger partial charge in [0.05, 0.1) is 7.11 Å². The molecule has 0 bridgehead atoms. The van der Waals surface area contributed by atoms with Gasteiger partial charge < -0.3 is 14.7 Å². The molecule has 1 fully saturated rings. The van der Waals surface area contributed by atoms with Crippen molar-refractivity contribution in [2.24, 2.45) is 0 Å². The molecule has 150 valence electrons. The molecule has 1 saturated heterocycles. The molecule has 0 amide bonds. The maximum atomic E-state index is 9.88. The summed E-state index contributed by atoms with van der Waals surface area (Å²) >= 11 is 0. The SMILES string of the molecule is COc1ccc(N2CCN(C(Cc3cccc(O)c3)c3ccccc3)CC2)cc1. The van der Waals surface area contributed by atoms with E-state index in [1.165, 1.54) is 11.3 Å². The first-order valence-corrected chi connectivity index (χ1v) is 10.2. The highest BCUT2D eigenvalue weighted by Gasteiger charge is 2.25. The second-order valence-electron chi connectivity index (χ2n) is 7.52. The largest absolute Gasteiger partial charge is 0.508 e. The summed E-state index contributed by atoms with van der Waals surface area (Å²) in [5.74, 6) is 1.22. The molecule has 4 rings (SSSR count). The maximum Gasteiger partial charge on any atom is 0.119 e.